The second kappa shape index (κ2) is 9.80. The van der Waals surface area contributed by atoms with E-state index in [9.17, 15) is 13.2 Å². The van der Waals surface area contributed by atoms with Gasteiger partial charge in [-0.15, -0.1) is 0 Å². The Morgan fingerprint density at radius 3 is 2.21 bits per heavy atom. The summed E-state index contributed by atoms with van der Waals surface area (Å²) in [4.78, 5) is 17.1. The molecule has 4 aromatic rings. The third-order valence-electron chi connectivity index (χ3n) is 5.23. The first-order valence-corrected chi connectivity index (χ1v) is 11.8. The third-order valence-corrected chi connectivity index (χ3v) is 7.06. The molecule has 34 heavy (non-hydrogen) atoms. The highest BCUT2D eigenvalue weighted by molar-refractivity contribution is 7.93. The lowest BCUT2D eigenvalue weighted by molar-refractivity contribution is -0.114. The van der Waals surface area contributed by atoms with Crippen molar-refractivity contribution in [1.82, 2.24) is 4.98 Å². The largest absolute Gasteiger partial charge is 0.497 e. The smallest absolute Gasteiger partial charge is 0.265 e. The first-order valence-electron chi connectivity index (χ1n) is 10.4. The van der Waals surface area contributed by atoms with Crippen molar-refractivity contribution >= 4 is 38.1 Å². The average molecular weight is 478 g/mol. The van der Waals surface area contributed by atoms with E-state index in [1.54, 1.807) is 80.0 Å². The van der Waals surface area contributed by atoms with Crippen LogP contribution in [0, 0.1) is 0 Å². The van der Waals surface area contributed by atoms with Gasteiger partial charge in [0.2, 0.25) is 5.91 Å². The number of hydrogen-bond donors (Lipinski definition) is 1. The summed E-state index contributed by atoms with van der Waals surface area (Å²) in [6.07, 6.45) is 3.14. The van der Waals surface area contributed by atoms with E-state index in [-0.39, 0.29) is 4.90 Å². The van der Waals surface area contributed by atoms with Gasteiger partial charge in [0.25, 0.3) is 10.0 Å². The predicted octanol–water partition coefficient (Wildman–Crippen LogP) is 4.09. The van der Waals surface area contributed by atoms with Gasteiger partial charge < -0.3 is 14.8 Å². The number of methoxy groups -OCH3 is 2. The molecule has 0 atom stereocenters. The number of pyridine rings is 1. The molecule has 0 bridgehead atoms. The van der Waals surface area contributed by atoms with Crippen molar-refractivity contribution in [3.05, 3.63) is 85.2 Å². The molecule has 0 aliphatic rings. The molecule has 1 aromatic heterocycles. The molecule has 0 saturated carbocycles. The van der Waals surface area contributed by atoms with Gasteiger partial charge in [-0.2, -0.15) is 0 Å². The molecule has 1 amide bonds. The second-order valence-corrected chi connectivity index (χ2v) is 9.17. The molecule has 0 fully saturated rings. The van der Waals surface area contributed by atoms with Crippen LogP contribution in [0.25, 0.3) is 10.8 Å². The standard InChI is InChI=1S/C25H23N3O5S/c1-32-21-10-6-19(7-11-21)27-25(29)17-28(20-8-12-22(33-2)13-9-20)34(30,31)24-5-3-4-18-16-26-15-14-23(18)24/h3-16H,17H2,1-2H3,(H,27,29). The summed E-state index contributed by atoms with van der Waals surface area (Å²) in [5, 5.41) is 3.94. The van der Waals surface area contributed by atoms with E-state index < -0.39 is 22.5 Å². The van der Waals surface area contributed by atoms with E-state index in [1.165, 1.54) is 19.4 Å². The van der Waals surface area contributed by atoms with Crippen LogP contribution in [0.5, 0.6) is 11.5 Å². The van der Waals surface area contributed by atoms with Gasteiger partial charge >= 0.3 is 0 Å². The lowest BCUT2D eigenvalue weighted by Crippen LogP contribution is -2.38. The number of nitrogens with zero attached hydrogens (tertiary/aromatic N) is 2. The number of benzene rings is 3. The molecule has 4 rings (SSSR count). The monoisotopic (exact) mass is 477 g/mol. The minimum Gasteiger partial charge on any atom is -0.497 e. The Balaban J connectivity index is 1.71. The molecule has 8 nitrogen and oxygen atoms in total. The van der Waals surface area contributed by atoms with Crippen molar-refractivity contribution in [2.75, 3.05) is 30.4 Å². The average Bonchev–Trinajstić information content (AvgIpc) is 2.87. The highest BCUT2D eigenvalue weighted by Gasteiger charge is 2.29. The van der Waals surface area contributed by atoms with Crippen LogP contribution < -0.4 is 19.1 Å². The van der Waals surface area contributed by atoms with Crippen molar-refractivity contribution in [2.24, 2.45) is 0 Å². The summed E-state index contributed by atoms with van der Waals surface area (Å²) in [6, 6.07) is 19.9. The fraction of sp³-hybridized carbons (Fsp3) is 0.120. The number of sulfonamides is 1. The van der Waals surface area contributed by atoms with Gasteiger partial charge in [-0.1, -0.05) is 12.1 Å². The van der Waals surface area contributed by atoms with Crippen LogP contribution in [0.3, 0.4) is 0 Å². The Bertz CT molecular complexity index is 1400. The number of fused-ring (bicyclic) bond motifs is 1. The lowest BCUT2D eigenvalue weighted by atomic mass is 10.2. The van der Waals surface area contributed by atoms with Crippen LogP contribution in [-0.2, 0) is 14.8 Å². The Morgan fingerprint density at radius 2 is 1.56 bits per heavy atom. The summed E-state index contributed by atoms with van der Waals surface area (Å²) in [5.41, 5.74) is 0.853. The molecular weight excluding hydrogens is 454 g/mol. The van der Waals surface area contributed by atoms with Gasteiger partial charge in [-0.3, -0.25) is 14.1 Å². The Morgan fingerprint density at radius 1 is 0.912 bits per heavy atom. The normalized spacial score (nSPS) is 11.1. The number of nitrogens with one attached hydrogen (secondary N) is 1. The first-order chi connectivity index (χ1) is 16.4. The second-order valence-electron chi connectivity index (χ2n) is 7.34. The molecule has 1 heterocycles. The first kappa shape index (κ1) is 23.1. The van der Waals surface area contributed by atoms with E-state index in [4.69, 9.17) is 9.47 Å². The lowest BCUT2D eigenvalue weighted by Gasteiger charge is -2.25. The maximum absolute atomic E-state index is 13.9. The van der Waals surface area contributed by atoms with Crippen LogP contribution in [0.2, 0.25) is 0 Å². The van der Waals surface area contributed by atoms with E-state index in [0.717, 1.165) is 4.31 Å². The molecule has 0 aliphatic heterocycles. The molecule has 3 aromatic carbocycles. The summed E-state index contributed by atoms with van der Waals surface area (Å²) >= 11 is 0. The molecule has 0 unspecified atom stereocenters. The molecule has 9 heteroatoms. The fourth-order valence-corrected chi connectivity index (χ4v) is 5.14. The van der Waals surface area contributed by atoms with Crippen molar-refractivity contribution in [2.45, 2.75) is 4.90 Å². The highest BCUT2D eigenvalue weighted by Crippen LogP contribution is 2.30. The van der Waals surface area contributed by atoms with Crippen molar-refractivity contribution in [1.29, 1.82) is 0 Å². The number of carbonyl (C=O) groups excluding carboxylic acids is 1. The summed E-state index contributed by atoms with van der Waals surface area (Å²) < 4.78 is 39.1. The quantitative estimate of drug-likeness (QED) is 0.411. The van der Waals surface area contributed by atoms with Crippen LogP contribution in [0.15, 0.2) is 90.1 Å². The topological polar surface area (TPSA) is 97.8 Å². The molecule has 0 saturated heterocycles. The van der Waals surface area contributed by atoms with E-state index in [2.05, 4.69) is 10.3 Å². The van der Waals surface area contributed by atoms with Crippen LogP contribution in [0.4, 0.5) is 11.4 Å². The van der Waals surface area contributed by atoms with E-state index >= 15 is 0 Å². The van der Waals surface area contributed by atoms with E-state index in [1.807, 2.05) is 0 Å². The van der Waals surface area contributed by atoms with Gasteiger partial charge in [0.1, 0.15) is 18.0 Å². The molecule has 0 spiro atoms. The van der Waals surface area contributed by atoms with Gasteiger partial charge in [0.15, 0.2) is 0 Å². The number of anilines is 2. The maximum atomic E-state index is 13.9. The fourth-order valence-electron chi connectivity index (χ4n) is 3.51. The zero-order valence-electron chi connectivity index (χ0n) is 18.6. The number of rotatable bonds is 8. The van der Waals surface area contributed by atoms with Crippen LogP contribution >= 0.6 is 0 Å². The molecular formula is C25H23N3O5S. The highest BCUT2D eigenvalue weighted by atomic mass is 32.2. The summed E-state index contributed by atoms with van der Waals surface area (Å²) in [6.45, 7) is -0.428. The molecule has 1 N–H and O–H groups in total. The number of carbonyl (C=O) groups is 1. The van der Waals surface area contributed by atoms with Crippen LogP contribution in [-0.4, -0.2) is 40.1 Å². The van der Waals surface area contributed by atoms with Crippen LogP contribution in [0.1, 0.15) is 0 Å². The van der Waals surface area contributed by atoms with E-state index in [0.29, 0.717) is 33.6 Å². The number of hydrogen-bond acceptors (Lipinski definition) is 6. The Labute approximate surface area is 197 Å². The summed E-state index contributed by atoms with van der Waals surface area (Å²) in [5.74, 6) is 0.720. The van der Waals surface area contributed by atoms with Crippen molar-refractivity contribution < 1.29 is 22.7 Å². The van der Waals surface area contributed by atoms with Gasteiger partial charge in [-0.25, -0.2) is 8.42 Å². The minimum absolute atomic E-state index is 0.0838. The third kappa shape index (κ3) is 4.79. The number of amides is 1. The minimum atomic E-state index is -4.11. The predicted molar refractivity (Wildman–Crippen MR) is 131 cm³/mol. The summed E-state index contributed by atoms with van der Waals surface area (Å²) in [7, 11) is -1.04. The molecule has 0 radical (unpaired) electrons. The van der Waals surface area contributed by atoms with Gasteiger partial charge in [0, 0.05) is 28.9 Å². The maximum Gasteiger partial charge on any atom is 0.265 e. The van der Waals surface area contributed by atoms with Crippen molar-refractivity contribution in [3.63, 3.8) is 0 Å². The number of aromatic nitrogens is 1. The van der Waals surface area contributed by atoms with Gasteiger partial charge in [0.05, 0.1) is 24.8 Å². The zero-order chi connectivity index (χ0) is 24.1. The van der Waals surface area contributed by atoms with Gasteiger partial charge in [-0.05, 0) is 60.7 Å². The molecule has 0 aliphatic carbocycles. The van der Waals surface area contributed by atoms with Crippen molar-refractivity contribution in [3.8, 4) is 11.5 Å². The molecule has 174 valence electrons. The Kier molecular flexibility index (Phi) is 6.65. The zero-order valence-corrected chi connectivity index (χ0v) is 19.5. The Hall–Kier alpha value is -4.11. The number of ether oxygens (including phenoxy) is 2. The SMILES string of the molecule is COc1ccc(NC(=O)CN(c2ccc(OC)cc2)S(=O)(=O)c2cccc3cnccc23)cc1.